The minimum Gasteiger partial charge on any atom is -0.369 e. The third-order valence-electron chi connectivity index (χ3n) is 6.40. The first-order valence-corrected chi connectivity index (χ1v) is 10.7. The van der Waals surface area contributed by atoms with E-state index in [0.717, 1.165) is 24.0 Å². The van der Waals surface area contributed by atoms with Crippen molar-refractivity contribution in [1.82, 2.24) is 9.80 Å². The summed E-state index contributed by atoms with van der Waals surface area (Å²) in [4.78, 5) is 33.5. The van der Waals surface area contributed by atoms with Crippen LogP contribution in [0.1, 0.15) is 60.2 Å². The summed E-state index contributed by atoms with van der Waals surface area (Å²) in [5.41, 5.74) is 8.62. The molecule has 0 atom stereocenters. The number of guanidine groups is 1. The van der Waals surface area contributed by atoms with Crippen LogP contribution >= 0.6 is 0 Å². The molecule has 162 valence electrons. The molecule has 2 amide bonds. The molecular formula is C24H27FN4O2. The molecule has 0 radical (unpaired) electrons. The summed E-state index contributed by atoms with van der Waals surface area (Å²) in [6, 6.07) is 12.1. The fourth-order valence-electron chi connectivity index (χ4n) is 4.38. The summed E-state index contributed by atoms with van der Waals surface area (Å²) < 4.78 is 14.4. The van der Waals surface area contributed by atoms with Gasteiger partial charge in [0.25, 0.3) is 5.91 Å². The highest BCUT2D eigenvalue weighted by Gasteiger charge is 2.37. The van der Waals surface area contributed by atoms with Crippen LogP contribution in [0.3, 0.4) is 0 Å². The van der Waals surface area contributed by atoms with Crippen LogP contribution in [-0.2, 0) is 24.4 Å². The lowest BCUT2D eigenvalue weighted by Crippen LogP contribution is -2.50. The first-order chi connectivity index (χ1) is 14.8. The monoisotopic (exact) mass is 422 g/mol. The number of carbonyl (C=O) groups is 2. The normalized spacial score (nSPS) is 17.5. The molecular weight excluding hydrogens is 395 g/mol. The number of aliphatic imine (C=N–C) groups is 1. The Balaban J connectivity index is 1.55. The molecule has 0 spiro atoms. The average molecular weight is 423 g/mol. The Morgan fingerprint density at radius 1 is 1.13 bits per heavy atom. The predicted octanol–water partition coefficient (Wildman–Crippen LogP) is 3.59. The molecule has 2 aliphatic heterocycles. The molecule has 0 saturated carbocycles. The van der Waals surface area contributed by atoms with Gasteiger partial charge < -0.3 is 10.6 Å². The standard InChI is InChI=1S/C24H27FN4O2/c1-3-24(4-2)12-21(30)29(23(26)27-24)13-16-9-19(11-20(25)10-16)22(31)28-14-17-7-5-6-8-18(17)15-28/h5-11H,3-4,12-15H2,1-2H3,(H2,26,27). The maximum atomic E-state index is 14.4. The molecule has 2 aliphatic rings. The fourth-order valence-corrected chi connectivity index (χ4v) is 4.38. The van der Waals surface area contributed by atoms with Crippen LogP contribution in [0.25, 0.3) is 0 Å². The maximum absolute atomic E-state index is 14.4. The van der Waals surface area contributed by atoms with Gasteiger partial charge in [0.05, 0.1) is 18.5 Å². The average Bonchev–Trinajstić information content (AvgIpc) is 3.19. The molecule has 0 aliphatic carbocycles. The van der Waals surface area contributed by atoms with Gasteiger partial charge in [-0.25, -0.2) is 9.38 Å². The van der Waals surface area contributed by atoms with Gasteiger partial charge in [-0.2, -0.15) is 0 Å². The van der Waals surface area contributed by atoms with Gasteiger partial charge in [-0.1, -0.05) is 38.1 Å². The van der Waals surface area contributed by atoms with E-state index in [-0.39, 0.29) is 36.3 Å². The van der Waals surface area contributed by atoms with E-state index in [2.05, 4.69) is 4.99 Å². The Morgan fingerprint density at radius 3 is 2.35 bits per heavy atom. The van der Waals surface area contributed by atoms with E-state index in [1.54, 1.807) is 11.0 Å². The van der Waals surface area contributed by atoms with Crippen LogP contribution < -0.4 is 5.73 Å². The zero-order valence-electron chi connectivity index (χ0n) is 17.9. The second kappa shape index (κ2) is 8.13. The van der Waals surface area contributed by atoms with Crippen molar-refractivity contribution in [3.8, 4) is 0 Å². The van der Waals surface area contributed by atoms with E-state index in [9.17, 15) is 14.0 Å². The molecule has 2 aromatic carbocycles. The van der Waals surface area contributed by atoms with Crippen LogP contribution in [0.2, 0.25) is 0 Å². The van der Waals surface area contributed by atoms with E-state index in [1.807, 2.05) is 38.1 Å². The van der Waals surface area contributed by atoms with E-state index in [4.69, 9.17) is 5.73 Å². The molecule has 31 heavy (non-hydrogen) atoms. The number of amides is 2. The van der Waals surface area contributed by atoms with Crippen molar-refractivity contribution in [2.24, 2.45) is 10.7 Å². The number of benzene rings is 2. The summed E-state index contributed by atoms with van der Waals surface area (Å²) in [5.74, 6) is -0.746. The summed E-state index contributed by atoms with van der Waals surface area (Å²) >= 11 is 0. The van der Waals surface area contributed by atoms with Crippen molar-refractivity contribution < 1.29 is 14.0 Å². The zero-order chi connectivity index (χ0) is 22.2. The van der Waals surface area contributed by atoms with Crippen LogP contribution in [0.4, 0.5) is 4.39 Å². The minimum atomic E-state index is -0.519. The molecule has 0 fully saturated rings. The summed E-state index contributed by atoms with van der Waals surface area (Å²) in [6.07, 6.45) is 1.72. The topological polar surface area (TPSA) is 79.0 Å². The highest BCUT2D eigenvalue weighted by atomic mass is 19.1. The molecule has 0 unspecified atom stereocenters. The maximum Gasteiger partial charge on any atom is 0.254 e. The Kier molecular flexibility index (Phi) is 5.52. The highest BCUT2D eigenvalue weighted by Crippen LogP contribution is 2.30. The number of hydrogen-bond acceptors (Lipinski definition) is 4. The predicted molar refractivity (Wildman–Crippen MR) is 117 cm³/mol. The van der Waals surface area contributed by atoms with Gasteiger partial charge >= 0.3 is 0 Å². The molecule has 2 heterocycles. The van der Waals surface area contributed by atoms with Gasteiger partial charge in [-0.15, -0.1) is 0 Å². The molecule has 4 rings (SSSR count). The fraction of sp³-hybridized carbons (Fsp3) is 0.375. The smallest absolute Gasteiger partial charge is 0.254 e. The van der Waals surface area contributed by atoms with Crippen molar-refractivity contribution >= 4 is 17.8 Å². The lowest BCUT2D eigenvalue weighted by Gasteiger charge is -2.36. The van der Waals surface area contributed by atoms with Crippen molar-refractivity contribution in [1.29, 1.82) is 0 Å². The van der Waals surface area contributed by atoms with Crippen molar-refractivity contribution in [2.45, 2.75) is 58.3 Å². The van der Waals surface area contributed by atoms with Crippen LogP contribution in [-0.4, -0.2) is 33.1 Å². The first kappa shape index (κ1) is 21.0. The second-order valence-corrected chi connectivity index (χ2v) is 8.34. The van der Waals surface area contributed by atoms with Crippen molar-refractivity contribution in [3.63, 3.8) is 0 Å². The third kappa shape index (κ3) is 4.04. The number of nitrogens with two attached hydrogens (primary N) is 1. The Labute approximate surface area is 181 Å². The molecule has 7 heteroatoms. The number of hydrogen-bond donors (Lipinski definition) is 1. The summed E-state index contributed by atoms with van der Waals surface area (Å²) in [6.45, 7) is 5.06. The van der Waals surface area contributed by atoms with Gasteiger partial charge in [0, 0.05) is 18.7 Å². The van der Waals surface area contributed by atoms with Gasteiger partial charge in [-0.05, 0) is 47.7 Å². The molecule has 2 N–H and O–H groups in total. The summed E-state index contributed by atoms with van der Waals surface area (Å²) in [5, 5.41) is 0. The number of rotatable bonds is 5. The molecule has 0 aromatic heterocycles. The molecule has 2 aromatic rings. The van der Waals surface area contributed by atoms with Gasteiger partial charge in [0.15, 0.2) is 5.96 Å². The SMILES string of the molecule is CCC1(CC)CC(=O)N(Cc2cc(F)cc(C(=O)N3Cc4ccccc4C3)c2)C(N)=N1. The Hall–Kier alpha value is -3.22. The van der Waals surface area contributed by atoms with Crippen molar-refractivity contribution in [2.75, 3.05) is 0 Å². The molecule has 0 bridgehead atoms. The number of nitrogens with zero attached hydrogens (tertiary/aromatic N) is 3. The molecule has 0 saturated heterocycles. The van der Waals surface area contributed by atoms with E-state index >= 15 is 0 Å². The van der Waals surface area contributed by atoms with E-state index in [1.165, 1.54) is 17.0 Å². The lowest BCUT2D eigenvalue weighted by molar-refractivity contribution is -0.130. The largest absolute Gasteiger partial charge is 0.369 e. The van der Waals surface area contributed by atoms with Gasteiger partial charge in [0.1, 0.15) is 5.82 Å². The zero-order valence-corrected chi connectivity index (χ0v) is 17.9. The highest BCUT2D eigenvalue weighted by molar-refractivity contribution is 5.99. The quantitative estimate of drug-likeness (QED) is 0.800. The minimum absolute atomic E-state index is 0.0793. The Morgan fingerprint density at radius 2 is 1.77 bits per heavy atom. The Bertz CT molecular complexity index is 1040. The number of halogens is 1. The number of carbonyl (C=O) groups excluding carboxylic acids is 2. The van der Waals surface area contributed by atoms with Gasteiger partial charge in [0.2, 0.25) is 5.91 Å². The van der Waals surface area contributed by atoms with Crippen LogP contribution in [0, 0.1) is 5.82 Å². The third-order valence-corrected chi connectivity index (χ3v) is 6.40. The van der Waals surface area contributed by atoms with E-state index < -0.39 is 11.4 Å². The number of fused-ring (bicyclic) bond motifs is 1. The van der Waals surface area contributed by atoms with Crippen LogP contribution in [0.5, 0.6) is 0 Å². The van der Waals surface area contributed by atoms with Crippen molar-refractivity contribution in [3.05, 3.63) is 70.5 Å². The summed E-state index contributed by atoms with van der Waals surface area (Å²) in [7, 11) is 0. The van der Waals surface area contributed by atoms with Crippen LogP contribution in [0.15, 0.2) is 47.5 Å². The first-order valence-electron chi connectivity index (χ1n) is 10.7. The van der Waals surface area contributed by atoms with Gasteiger partial charge in [-0.3, -0.25) is 14.5 Å². The van der Waals surface area contributed by atoms with E-state index in [0.29, 0.717) is 18.7 Å². The molecule has 6 nitrogen and oxygen atoms in total. The second-order valence-electron chi connectivity index (χ2n) is 8.34. The lowest BCUT2D eigenvalue weighted by atomic mass is 9.88.